The maximum Gasteiger partial charge on any atom is 0.134 e. The van der Waals surface area contributed by atoms with Crippen molar-refractivity contribution in [3.63, 3.8) is 0 Å². The van der Waals surface area contributed by atoms with E-state index < -0.39 is 0 Å². The normalized spacial score (nSPS) is 10.7. The number of benzene rings is 4. The Bertz CT molecular complexity index is 1350. The van der Waals surface area contributed by atoms with Crippen molar-refractivity contribution in [2.24, 2.45) is 0 Å². The molecule has 0 radical (unpaired) electrons. The van der Waals surface area contributed by atoms with Crippen LogP contribution in [0.3, 0.4) is 0 Å². The standard InChI is InChI=1S/C30H25F2NO/c1-2-17-34-27-15-14-24(29(31)19-27)10-8-22-9-16-28-26(18-22)13-12-25(30(28)32)11-7-21-3-5-23(20-33)6-4-21/h2-6,9,12-16,18-19H,1,7-8,10-11,17H2. The van der Waals surface area contributed by atoms with Crippen LogP contribution in [0.25, 0.3) is 10.8 Å². The summed E-state index contributed by atoms with van der Waals surface area (Å²) in [6.07, 6.45) is 4.11. The van der Waals surface area contributed by atoms with E-state index >= 15 is 4.39 Å². The fourth-order valence-corrected chi connectivity index (χ4v) is 4.01. The topological polar surface area (TPSA) is 33.0 Å². The molecule has 0 N–H and O–H groups in total. The zero-order chi connectivity index (χ0) is 23.9. The van der Waals surface area contributed by atoms with E-state index in [1.54, 1.807) is 30.3 Å². The Morgan fingerprint density at radius 2 is 1.50 bits per heavy atom. The average molecular weight is 454 g/mol. The third-order valence-corrected chi connectivity index (χ3v) is 5.94. The molecule has 0 aliphatic heterocycles. The highest BCUT2D eigenvalue weighted by atomic mass is 19.1. The smallest absolute Gasteiger partial charge is 0.134 e. The number of hydrogen-bond acceptors (Lipinski definition) is 2. The number of nitrogens with zero attached hydrogens (tertiary/aromatic N) is 1. The molecule has 4 aromatic carbocycles. The summed E-state index contributed by atoms with van der Waals surface area (Å²) in [6.45, 7) is 3.92. The Kier molecular flexibility index (Phi) is 7.34. The van der Waals surface area contributed by atoms with Crippen molar-refractivity contribution < 1.29 is 13.5 Å². The van der Waals surface area contributed by atoms with Gasteiger partial charge in [0, 0.05) is 11.5 Å². The van der Waals surface area contributed by atoms with Crippen molar-refractivity contribution in [1.29, 1.82) is 5.26 Å². The van der Waals surface area contributed by atoms with Gasteiger partial charge in [0.25, 0.3) is 0 Å². The van der Waals surface area contributed by atoms with Gasteiger partial charge < -0.3 is 4.74 Å². The van der Waals surface area contributed by atoms with Gasteiger partial charge in [0.1, 0.15) is 24.0 Å². The van der Waals surface area contributed by atoms with E-state index in [4.69, 9.17) is 10.00 Å². The average Bonchev–Trinajstić information content (AvgIpc) is 2.86. The van der Waals surface area contributed by atoms with E-state index in [1.165, 1.54) is 6.07 Å². The fraction of sp³-hybridized carbons (Fsp3) is 0.167. The van der Waals surface area contributed by atoms with E-state index in [9.17, 15) is 4.39 Å². The van der Waals surface area contributed by atoms with E-state index in [-0.39, 0.29) is 11.6 Å². The van der Waals surface area contributed by atoms with Gasteiger partial charge >= 0.3 is 0 Å². The summed E-state index contributed by atoms with van der Waals surface area (Å²) in [6, 6.07) is 23.9. The van der Waals surface area contributed by atoms with Crippen LogP contribution in [-0.4, -0.2) is 6.61 Å². The number of aryl methyl sites for hydroxylation is 4. The highest BCUT2D eigenvalue weighted by Gasteiger charge is 2.10. The fourth-order valence-electron chi connectivity index (χ4n) is 4.01. The molecule has 0 fully saturated rings. The summed E-state index contributed by atoms with van der Waals surface area (Å²) in [5.41, 5.74) is 4.01. The molecule has 0 atom stereocenters. The minimum absolute atomic E-state index is 0.196. The molecule has 0 saturated carbocycles. The molecular weight excluding hydrogens is 428 g/mol. The molecule has 0 aromatic heterocycles. The zero-order valence-electron chi connectivity index (χ0n) is 18.9. The van der Waals surface area contributed by atoms with Crippen LogP contribution >= 0.6 is 0 Å². The van der Waals surface area contributed by atoms with Crippen molar-refractivity contribution in [1.82, 2.24) is 0 Å². The molecule has 0 aliphatic rings. The first kappa shape index (κ1) is 23.2. The second-order valence-electron chi connectivity index (χ2n) is 8.26. The molecule has 4 aromatic rings. The van der Waals surface area contributed by atoms with Crippen LogP contribution in [-0.2, 0) is 25.7 Å². The van der Waals surface area contributed by atoms with Crippen molar-refractivity contribution in [2.75, 3.05) is 6.61 Å². The molecular formula is C30H25F2NO. The molecule has 0 bridgehead atoms. The summed E-state index contributed by atoms with van der Waals surface area (Å²) >= 11 is 0. The van der Waals surface area contributed by atoms with Crippen molar-refractivity contribution >= 4 is 10.8 Å². The Morgan fingerprint density at radius 3 is 2.24 bits per heavy atom. The summed E-state index contributed by atoms with van der Waals surface area (Å²) in [5.74, 6) is -0.00327. The van der Waals surface area contributed by atoms with Crippen molar-refractivity contribution in [3.05, 3.63) is 125 Å². The van der Waals surface area contributed by atoms with Gasteiger partial charge in [0.2, 0.25) is 0 Å². The minimum atomic E-state index is -0.291. The molecule has 170 valence electrons. The van der Waals surface area contributed by atoms with Gasteiger partial charge in [-0.1, -0.05) is 61.2 Å². The molecule has 4 rings (SSSR count). The van der Waals surface area contributed by atoms with Crippen LogP contribution in [0.1, 0.15) is 27.8 Å². The Balaban J connectivity index is 1.43. The van der Waals surface area contributed by atoms with Crippen LogP contribution in [0.15, 0.2) is 85.5 Å². The van der Waals surface area contributed by atoms with Crippen LogP contribution in [0.5, 0.6) is 5.75 Å². The maximum absolute atomic E-state index is 15.1. The largest absolute Gasteiger partial charge is 0.489 e. The van der Waals surface area contributed by atoms with Crippen LogP contribution in [0.2, 0.25) is 0 Å². The Morgan fingerprint density at radius 1 is 0.794 bits per heavy atom. The quantitative estimate of drug-likeness (QED) is 0.253. The van der Waals surface area contributed by atoms with E-state index in [1.807, 2.05) is 42.5 Å². The van der Waals surface area contributed by atoms with Gasteiger partial charge in [0.05, 0.1) is 11.6 Å². The monoisotopic (exact) mass is 453 g/mol. The van der Waals surface area contributed by atoms with E-state index in [2.05, 4.69) is 12.6 Å². The highest BCUT2D eigenvalue weighted by molar-refractivity contribution is 5.84. The molecule has 0 saturated heterocycles. The molecule has 2 nitrogen and oxygen atoms in total. The van der Waals surface area contributed by atoms with Gasteiger partial charge in [-0.2, -0.15) is 5.26 Å². The lowest BCUT2D eigenvalue weighted by molar-refractivity contribution is 0.360. The number of halogens is 2. The summed E-state index contributed by atoms with van der Waals surface area (Å²) in [7, 11) is 0. The second-order valence-corrected chi connectivity index (χ2v) is 8.26. The predicted molar refractivity (Wildman–Crippen MR) is 132 cm³/mol. The lowest BCUT2D eigenvalue weighted by Crippen LogP contribution is -1.99. The Labute approximate surface area is 198 Å². The first-order valence-corrected chi connectivity index (χ1v) is 11.3. The zero-order valence-corrected chi connectivity index (χ0v) is 18.9. The summed E-state index contributed by atoms with van der Waals surface area (Å²) in [5, 5.41) is 10.3. The predicted octanol–water partition coefficient (Wildman–Crippen LogP) is 7.12. The molecule has 0 amide bonds. The number of ether oxygens (including phenoxy) is 1. The van der Waals surface area contributed by atoms with Gasteiger partial charge in [0.15, 0.2) is 0 Å². The first-order chi connectivity index (χ1) is 16.6. The van der Waals surface area contributed by atoms with Crippen molar-refractivity contribution in [2.45, 2.75) is 25.7 Å². The van der Waals surface area contributed by atoms with E-state index in [0.717, 1.165) is 16.5 Å². The van der Waals surface area contributed by atoms with E-state index in [0.29, 0.717) is 60.1 Å². The van der Waals surface area contributed by atoms with Crippen LogP contribution in [0, 0.1) is 23.0 Å². The molecule has 0 unspecified atom stereocenters. The molecule has 0 spiro atoms. The number of fused-ring (bicyclic) bond motifs is 1. The number of hydrogen-bond donors (Lipinski definition) is 0. The van der Waals surface area contributed by atoms with Crippen LogP contribution < -0.4 is 4.74 Å². The first-order valence-electron chi connectivity index (χ1n) is 11.3. The molecule has 0 heterocycles. The summed E-state index contributed by atoms with van der Waals surface area (Å²) in [4.78, 5) is 0. The lowest BCUT2D eigenvalue weighted by Gasteiger charge is -2.10. The SMILES string of the molecule is C=CCOc1ccc(CCc2ccc3c(F)c(CCc4ccc(C#N)cc4)ccc3c2)c(F)c1. The lowest BCUT2D eigenvalue weighted by atomic mass is 9.97. The van der Waals surface area contributed by atoms with Gasteiger partial charge in [-0.25, -0.2) is 8.78 Å². The third kappa shape index (κ3) is 5.50. The highest BCUT2D eigenvalue weighted by Crippen LogP contribution is 2.25. The van der Waals surface area contributed by atoms with Gasteiger partial charge in [-0.3, -0.25) is 0 Å². The molecule has 0 aliphatic carbocycles. The Hall–Kier alpha value is -3.97. The number of nitriles is 1. The van der Waals surface area contributed by atoms with Gasteiger partial charge in [-0.05, 0) is 71.5 Å². The minimum Gasteiger partial charge on any atom is -0.489 e. The third-order valence-electron chi connectivity index (χ3n) is 5.94. The molecule has 4 heteroatoms. The van der Waals surface area contributed by atoms with Crippen LogP contribution in [0.4, 0.5) is 8.78 Å². The molecule has 34 heavy (non-hydrogen) atoms. The maximum atomic E-state index is 15.1. The van der Waals surface area contributed by atoms with Gasteiger partial charge in [-0.15, -0.1) is 0 Å². The number of rotatable bonds is 9. The summed E-state index contributed by atoms with van der Waals surface area (Å²) < 4.78 is 34.9. The second kappa shape index (κ2) is 10.8. The van der Waals surface area contributed by atoms with Crippen molar-refractivity contribution in [3.8, 4) is 11.8 Å².